The first-order valence-corrected chi connectivity index (χ1v) is 9.09. The van der Waals surface area contributed by atoms with Gasteiger partial charge in [-0.1, -0.05) is 0 Å². The lowest BCUT2D eigenvalue weighted by Crippen LogP contribution is -2.37. The Labute approximate surface area is 164 Å². The normalized spacial score (nSPS) is 19.6. The predicted molar refractivity (Wildman–Crippen MR) is 101 cm³/mol. The first-order valence-electron chi connectivity index (χ1n) is 9.09. The Kier molecular flexibility index (Phi) is 4.87. The van der Waals surface area contributed by atoms with Gasteiger partial charge in [-0.25, -0.2) is 4.98 Å². The molecular formula is C20H19F3N4O2. The number of nitrogens with zero attached hydrogens (tertiary/aromatic N) is 3. The fourth-order valence-electron chi connectivity index (χ4n) is 3.38. The fraction of sp³-hybridized carbons (Fsp3) is 0.350. The van der Waals surface area contributed by atoms with Crippen LogP contribution in [-0.4, -0.2) is 45.4 Å². The van der Waals surface area contributed by atoms with Gasteiger partial charge in [-0.15, -0.1) is 0 Å². The summed E-state index contributed by atoms with van der Waals surface area (Å²) in [5, 5.41) is 14.3. The van der Waals surface area contributed by atoms with Crippen molar-refractivity contribution in [3.63, 3.8) is 0 Å². The molecular weight excluding hydrogens is 385 g/mol. The summed E-state index contributed by atoms with van der Waals surface area (Å²) in [6, 6.07) is 4.95. The second kappa shape index (κ2) is 7.23. The third kappa shape index (κ3) is 3.88. The highest BCUT2D eigenvalue weighted by Gasteiger charge is 2.33. The molecule has 0 amide bonds. The number of aryl methyl sites for hydroxylation is 1. The monoisotopic (exact) mass is 404 g/mol. The number of aromatic nitrogens is 3. The van der Waals surface area contributed by atoms with Gasteiger partial charge in [0.25, 0.3) is 0 Å². The van der Waals surface area contributed by atoms with E-state index in [1.807, 2.05) is 6.07 Å². The second-order valence-electron chi connectivity index (χ2n) is 7.18. The number of halogens is 3. The Hall–Kier alpha value is -2.78. The lowest BCUT2D eigenvalue weighted by atomic mass is 10.0. The van der Waals surface area contributed by atoms with Gasteiger partial charge in [-0.05, 0) is 30.7 Å². The molecule has 2 N–H and O–H groups in total. The maximum absolute atomic E-state index is 13.0. The number of aliphatic hydroxyl groups is 1. The van der Waals surface area contributed by atoms with E-state index in [-0.39, 0.29) is 18.7 Å². The van der Waals surface area contributed by atoms with Crippen LogP contribution in [0.4, 0.5) is 19.0 Å². The number of pyridine rings is 3. The molecule has 1 aliphatic rings. The van der Waals surface area contributed by atoms with Crippen LogP contribution in [0.1, 0.15) is 17.5 Å². The minimum atomic E-state index is -4.45. The molecule has 0 radical (unpaired) electrons. The molecule has 1 aliphatic heterocycles. The second-order valence-corrected chi connectivity index (χ2v) is 7.18. The number of ether oxygens (including phenoxy) is 1. The van der Waals surface area contributed by atoms with Crippen LogP contribution in [0.5, 0.6) is 0 Å². The Morgan fingerprint density at radius 1 is 1.24 bits per heavy atom. The molecule has 152 valence electrons. The molecule has 9 heteroatoms. The molecule has 29 heavy (non-hydrogen) atoms. The van der Waals surface area contributed by atoms with E-state index in [2.05, 4.69) is 20.3 Å². The molecule has 4 heterocycles. The molecule has 4 rings (SSSR count). The van der Waals surface area contributed by atoms with Crippen molar-refractivity contribution >= 4 is 16.7 Å². The van der Waals surface area contributed by atoms with Crippen molar-refractivity contribution in [2.24, 2.45) is 0 Å². The van der Waals surface area contributed by atoms with Crippen molar-refractivity contribution in [2.75, 3.05) is 25.1 Å². The van der Waals surface area contributed by atoms with Crippen molar-refractivity contribution in [1.29, 1.82) is 0 Å². The zero-order chi connectivity index (χ0) is 20.6. The fourth-order valence-corrected chi connectivity index (χ4v) is 3.38. The van der Waals surface area contributed by atoms with E-state index in [0.29, 0.717) is 41.0 Å². The van der Waals surface area contributed by atoms with E-state index in [9.17, 15) is 18.3 Å². The van der Waals surface area contributed by atoms with Crippen molar-refractivity contribution in [2.45, 2.75) is 25.1 Å². The van der Waals surface area contributed by atoms with Crippen LogP contribution in [0.2, 0.25) is 0 Å². The van der Waals surface area contributed by atoms with Gasteiger partial charge in [-0.2, -0.15) is 13.2 Å². The molecule has 3 aromatic heterocycles. The average molecular weight is 404 g/mol. The number of alkyl halides is 3. The summed E-state index contributed by atoms with van der Waals surface area (Å²) in [5.74, 6) is 0.529. The number of hydrogen-bond acceptors (Lipinski definition) is 6. The van der Waals surface area contributed by atoms with Gasteiger partial charge in [0.1, 0.15) is 11.4 Å². The summed E-state index contributed by atoms with van der Waals surface area (Å²) in [5.41, 5.74) is -0.187. The molecule has 3 aromatic rings. The zero-order valence-corrected chi connectivity index (χ0v) is 15.6. The quantitative estimate of drug-likeness (QED) is 0.692. The predicted octanol–water partition coefficient (Wildman–Crippen LogP) is 3.58. The van der Waals surface area contributed by atoms with Crippen molar-refractivity contribution in [1.82, 2.24) is 15.0 Å². The summed E-state index contributed by atoms with van der Waals surface area (Å²) in [4.78, 5) is 12.8. The summed E-state index contributed by atoms with van der Waals surface area (Å²) in [6.07, 6.45) is 0.0448. The molecule has 1 atom stereocenters. The van der Waals surface area contributed by atoms with Crippen LogP contribution < -0.4 is 5.32 Å². The van der Waals surface area contributed by atoms with Gasteiger partial charge >= 0.3 is 6.18 Å². The Morgan fingerprint density at radius 2 is 2.07 bits per heavy atom. The number of hydrogen-bond donors (Lipinski definition) is 2. The van der Waals surface area contributed by atoms with E-state index in [1.165, 1.54) is 19.2 Å². The molecule has 6 nitrogen and oxygen atoms in total. The Balaban J connectivity index is 1.71. The van der Waals surface area contributed by atoms with E-state index >= 15 is 0 Å². The third-order valence-electron chi connectivity index (χ3n) is 5.00. The molecule has 0 spiro atoms. The topological polar surface area (TPSA) is 80.2 Å². The largest absolute Gasteiger partial charge is 0.418 e. The number of rotatable bonds is 4. The van der Waals surface area contributed by atoms with Gasteiger partial charge in [0.2, 0.25) is 0 Å². The van der Waals surface area contributed by atoms with Crippen LogP contribution in [0.3, 0.4) is 0 Å². The molecule has 0 unspecified atom stereocenters. The molecule has 0 aromatic carbocycles. The molecule has 0 aliphatic carbocycles. The lowest BCUT2D eigenvalue weighted by molar-refractivity contribution is -0.138. The summed E-state index contributed by atoms with van der Waals surface area (Å²) < 4.78 is 44.3. The van der Waals surface area contributed by atoms with E-state index in [0.717, 1.165) is 6.20 Å². The van der Waals surface area contributed by atoms with Crippen LogP contribution >= 0.6 is 0 Å². The lowest BCUT2D eigenvalue weighted by Gasteiger charge is -2.21. The number of anilines is 1. The van der Waals surface area contributed by atoms with E-state index < -0.39 is 17.3 Å². The Bertz CT molecular complexity index is 1050. The van der Waals surface area contributed by atoms with Gasteiger partial charge < -0.3 is 15.2 Å². The van der Waals surface area contributed by atoms with E-state index in [4.69, 9.17) is 4.74 Å². The molecule has 1 fully saturated rings. The van der Waals surface area contributed by atoms with E-state index in [1.54, 1.807) is 12.3 Å². The van der Waals surface area contributed by atoms with Gasteiger partial charge in [0.15, 0.2) is 0 Å². The van der Waals surface area contributed by atoms with Crippen LogP contribution in [0, 0.1) is 6.92 Å². The number of fused-ring (bicyclic) bond motifs is 1. The molecule has 1 saturated heterocycles. The smallest absolute Gasteiger partial charge is 0.386 e. The molecule has 0 bridgehead atoms. The third-order valence-corrected chi connectivity index (χ3v) is 5.00. The standard InChI is InChI=1S/C20H19F3N4O2/c1-12-7-16(25-9-15(12)20(21,22)23)14-8-26-18(13-3-2-5-24-17(13)14)27-10-19(28)4-6-29-11-19/h2-3,5,7-9,28H,4,6,10-11H2,1H3,(H,26,27)/t19-/m1/s1. The average Bonchev–Trinajstić information content (AvgIpc) is 3.12. The van der Waals surface area contributed by atoms with Crippen molar-refractivity contribution in [3.8, 4) is 11.3 Å². The maximum Gasteiger partial charge on any atom is 0.418 e. The minimum absolute atomic E-state index is 0.0808. The highest BCUT2D eigenvalue weighted by Crippen LogP contribution is 2.34. The summed E-state index contributed by atoms with van der Waals surface area (Å²) >= 11 is 0. The zero-order valence-electron chi connectivity index (χ0n) is 15.6. The summed E-state index contributed by atoms with van der Waals surface area (Å²) in [6.45, 7) is 2.42. The van der Waals surface area contributed by atoms with Crippen molar-refractivity contribution in [3.05, 3.63) is 47.9 Å². The highest BCUT2D eigenvalue weighted by atomic mass is 19.4. The van der Waals surface area contributed by atoms with Crippen LogP contribution in [0.15, 0.2) is 36.8 Å². The van der Waals surface area contributed by atoms with Gasteiger partial charge in [0, 0.05) is 49.1 Å². The maximum atomic E-state index is 13.0. The first-order chi connectivity index (χ1) is 13.8. The number of nitrogens with one attached hydrogen (secondary N) is 1. The van der Waals surface area contributed by atoms with Crippen molar-refractivity contribution < 1.29 is 23.0 Å². The first kappa shape index (κ1) is 19.5. The van der Waals surface area contributed by atoms with Gasteiger partial charge in [-0.3, -0.25) is 9.97 Å². The van der Waals surface area contributed by atoms with Crippen LogP contribution in [-0.2, 0) is 10.9 Å². The van der Waals surface area contributed by atoms with Gasteiger partial charge in [0.05, 0.1) is 23.4 Å². The minimum Gasteiger partial charge on any atom is -0.386 e. The SMILES string of the molecule is Cc1cc(-c2cnc(NC[C@]3(O)CCOC3)c3cccnc23)ncc1C(F)(F)F. The van der Waals surface area contributed by atoms with Crippen LogP contribution in [0.25, 0.3) is 22.2 Å². The molecule has 0 saturated carbocycles. The Morgan fingerprint density at radius 3 is 2.76 bits per heavy atom. The summed E-state index contributed by atoms with van der Waals surface area (Å²) in [7, 11) is 0. The highest BCUT2D eigenvalue weighted by molar-refractivity contribution is 5.98.